The largest absolute Gasteiger partial charge is 0.368 e. The smallest absolute Gasteiger partial charge is 0.319 e. The summed E-state index contributed by atoms with van der Waals surface area (Å²) >= 11 is 0. The van der Waals surface area contributed by atoms with Crippen LogP contribution in [0.2, 0.25) is 0 Å². The number of nitrogens with zero attached hydrogens (tertiary/aromatic N) is 1. The average molecular weight is 332 g/mol. The molecule has 2 rings (SSSR count). The summed E-state index contributed by atoms with van der Waals surface area (Å²) in [4.78, 5) is 38.1. The lowest BCUT2D eigenvalue weighted by molar-refractivity contribution is -0.121. The van der Waals surface area contributed by atoms with E-state index in [9.17, 15) is 14.4 Å². The van der Waals surface area contributed by atoms with E-state index < -0.39 is 24.0 Å². The number of primary amides is 1. The summed E-state index contributed by atoms with van der Waals surface area (Å²) in [5.74, 6) is -0.881. The van der Waals surface area contributed by atoms with Crippen LogP contribution in [0.3, 0.4) is 0 Å². The summed E-state index contributed by atoms with van der Waals surface area (Å²) in [6, 6.07) is 5.47. The summed E-state index contributed by atoms with van der Waals surface area (Å²) in [5.41, 5.74) is 6.77. The van der Waals surface area contributed by atoms with Crippen LogP contribution in [0.5, 0.6) is 0 Å². The molecule has 0 aromatic heterocycles. The average Bonchev–Trinajstić information content (AvgIpc) is 2.69. The van der Waals surface area contributed by atoms with Gasteiger partial charge in [0.1, 0.15) is 12.1 Å². The fraction of sp³-hybridized carbons (Fsp3) is 0.471. The number of nitrogens with one attached hydrogen (secondary N) is 2. The second kappa shape index (κ2) is 7.33. The van der Waals surface area contributed by atoms with Crippen LogP contribution in [-0.4, -0.2) is 34.8 Å². The van der Waals surface area contributed by atoms with E-state index in [-0.39, 0.29) is 18.4 Å². The Morgan fingerprint density at radius 1 is 1.38 bits per heavy atom. The lowest BCUT2D eigenvalue weighted by Crippen LogP contribution is -2.55. The number of carbonyl (C=O) groups is 3. The van der Waals surface area contributed by atoms with Crippen LogP contribution in [0.1, 0.15) is 32.8 Å². The van der Waals surface area contributed by atoms with Crippen molar-refractivity contribution in [3.05, 3.63) is 29.8 Å². The van der Waals surface area contributed by atoms with Crippen LogP contribution < -0.4 is 16.4 Å². The Kier molecular flexibility index (Phi) is 5.43. The van der Waals surface area contributed by atoms with Gasteiger partial charge in [-0.1, -0.05) is 38.5 Å². The number of carbonyl (C=O) groups excluding carboxylic acids is 3. The molecule has 4 amide bonds. The number of hydrogen-bond acceptors (Lipinski definition) is 3. The second-order valence-electron chi connectivity index (χ2n) is 6.18. The third-order valence-electron chi connectivity index (χ3n) is 4.43. The summed E-state index contributed by atoms with van der Waals surface area (Å²) in [5, 5.41) is 5.47. The molecule has 130 valence electrons. The van der Waals surface area contributed by atoms with Crippen molar-refractivity contribution >= 4 is 23.5 Å². The van der Waals surface area contributed by atoms with E-state index >= 15 is 0 Å². The highest BCUT2D eigenvalue weighted by Crippen LogP contribution is 2.27. The number of benzene rings is 1. The van der Waals surface area contributed by atoms with Gasteiger partial charge in [0.2, 0.25) is 11.8 Å². The van der Waals surface area contributed by atoms with E-state index in [1.165, 1.54) is 11.8 Å². The van der Waals surface area contributed by atoms with Crippen molar-refractivity contribution in [1.82, 2.24) is 10.2 Å². The summed E-state index contributed by atoms with van der Waals surface area (Å²) in [6.45, 7) is 5.70. The quantitative estimate of drug-likeness (QED) is 0.777. The molecule has 1 aromatic rings. The molecule has 3 atom stereocenters. The zero-order chi connectivity index (χ0) is 17.9. The van der Waals surface area contributed by atoms with Gasteiger partial charge in [-0.2, -0.15) is 0 Å². The number of fused-ring (bicyclic) bond motifs is 1. The standard InChI is InChI=1S/C17H24N4O3/c1-4-10(2)14-16(23)20-13-8-6-5-7-12(13)9-21(14)17(24)19-11(3)15(18)22/h5-8,10-11,14H,4,9H2,1-3H3,(H2,18,22)(H,19,24)(H,20,23)/t10-,11-,14-/m0/s1. The maximum absolute atomic E-state index is 12.7. The minimum absolute atomic E-state index is 0.0334. The number of hydrogen-bond donors (Lipinski definition) is 3. The van der Waals surface area contributed by atoms with Crippen molar-refractivity contribution in [2.45, 2.75) is 45.8 Å². The topological polar surface area (TPSA) is 105 Å². The molecule has 0 bridgehead atoms. The molecular weight excluding hydrogens is 308 g/mol. The zero-order valence-corrected chi connectivity index (χ0v) is 14.2. The highest BCUT2D eigenvalue weighted by atomic mass is 16.2. The van der Waals surface area contributed by atoms with Crippen molar-refractivity contribution in [3.8, 4) is 0 Å². The van der Waals surface area contributed by atoms with Crippen LogP contribution in [0.15, 0.2) is 24.3 Å². The van der Waals surface area contributed by atoms with Gasteiger partial charge >= 0.3 is 6.03 Å². The van der Waals surface area contributed by atoms with Crippen molar-refractivity contribution in [2.24, 2.45) is 11.7 Å². The summed E-state index contributed by atoms with van der Waals surface area (Å²) < 4.78 is 0. The van der Waals surface area contributed by atoms with Gasteiger partial charge in [-0.15, -0.1) is 0 Å². The molecule has 1 aliphatic rings. The lowest BCUT2D eigenvalue weighted by atomic mass is 9.97. The molecule has 24 heavy (non-hydrogen) atoms. The van der Waals surface area contributed by atoms with E-state index in [4.69, 9.17) is 5.73 Å². The van der Waals surface area contributed by atoms with Gasteiger partial charge in [0.25, 0.3) is 0 Å². The highest BCUT2D eigenvalue weighted by Gasteiger charge is 2.37. The van der Waals surface area contributed by atoms with Crippen LogP contribution in [0.25, 0.3) is 0 Å². The fourth-order valence-electron chi connectivity index (χ4n) is 2.74. The first-order valence-corrected chi connectivity index (χ1v) is 8.10. The molecule has 7 nitrogen and oxygen atoms in total. The number of nitrogens with two attached hydrogens (primary N) is 1. The van der Waals surface area contributed by atoms with Crippen molar-refractivity contribution in [2.75, 3.05) is 5.32 Å². The molecule has 0 fully saturated rings. The normalized spacial score (nSPS) is 19.5. The van der Waals surface area contributed by atoms with Crippen LogP contribution in [0, 0.1) is 5.92 Å². The van der Waals surface area contributed by atoms with E-state index in [1.807, 2.05) is 38.1 Å². The third-order valence-corrected chi connectivity index (χ3v) is 4.43. The van der Waals surface area contributed by atoms with Gasteiger partial charge in [-0.05, 0) is 24.5 Å². The predicted octanol–water partition coefficient (Wildman–Crippen LogP) is 1.44. The maximum atomic E-state index is 12.7. The first-order chi connectivity index (χ1) is 11.3. The zero-order valence-electron chi connectivity index (χ0n) is 14.2. The Bertz CT molecular complexity index is 646. The predicted molar refractivity (Wildman–Crippen MR) is 91.0 cm³/mol. The van der Waals surface area contributed by atoms with Crippen LogP contribution in [-0.2, 0) is 16.1 Å². The van der Waals surface area contributed by atoms with Crippen LogP contribution in [0.4, 0.5) is 10.5 Å². The Balaban J connectivity index is 2.36. The second-order valence-corrected chi connectivity index (χ2v) is 6.18. The van der Waals surface area contributed by atoms with Gasteiger partial charge in [-0.3, -0.25) is 9.59 Å². The Morgan fingerprint density at radius 2 is 2.04 bits per heavy atom. The van der Waals surface area contributed by atoms with Gasteiger partial charge in [0.15, 0.2) is 0 Å². The van der Waals surface area contributed by atoms with E-state index in [0.29, 0.717) is 5.69 Å². The first-order valence-electron chi connectivity index (χ1n) is 8.10. The fourth-order valence-corrected chi connectivity index (χ4v) is 2.74. The van der Waals surface area contributed by atoms with E-state index in [0.717, 1.165) is 12.0 Å². The third kappa shape index (κ3) is 3.67. The molecule has 0 saturated carbocycles. The molecule has 7 heteroatoms. The summed E-state index contributed by atoms with van der Waals surface area (Å²) in [7, 11) is 0. The molecular formula is C17H24N4O3. The van der Waals surface area contributed by atoms with Crippen molar-refractivity contribution in [3.63, 3.8) is 0 Å². The number of amides is 4. The molecule has 1 aliphatic heterocycles. The minimum Gasteiger partial charge on any atom is -0.368 e. The van der Waals surface area contributed by atoms with E-state index in [1.54, 1.807) is 0 Å². The van der Waals surface area contributed by atoms with Gasteiger partial charge in [-0.25, -0.2) is 4.79 Å². The number of rotatable bonds is 4. The number of urea groups is 1. The molecule has 1 heterocycles. The molecule has 0 saturated heterocycles. The van der Waals surface area contributed by atoms with Gasteiger partial charge < -0.3 is 21.3 Å². The van der Waals surface area contributed by atoms with Crippen molar-refractivity contribution < 1.29 is 14.4 Å². The Morgan fingerprint density at radius 3 is 2.67 bits per heavy atom. The number of anilines is 1. The lowest BCUT2D eigenvalue weighted by Gasteiger charge is -2.33. The SMILES string of the molecule is CC[C@H](C)[C@H]1C(=O)Nc2ccccc2CN1C(=O)N[C@@H](C)C(N)=O. The monoisotopic (exact) mass is 332 g/mol. The van der Waals surface area contributed by atoms with Crippen LogP contribution >= 0.6 is 0 Å². The molecule has 0 spiro atoms. The van der Waals surface area contributed by atoms with Gasteiger partial charge in [0.05, 0.1) is 6.54 Å². The molecule has 0 radical (unpaired) electrons. The maximum Gasteiger partial charge on any atom is 0.319 e. The Hall–Kier alpha value is -2.57. The molecule has 4 N–H and O–H groups in total. The molecule has 0 unspecified atom stereocenters. The molecule has 0 aliphatic carbocycles. The highest BCUT2D eigenvalue weighted by molar-refractivity contribution is 5.99. The summed E-state index contributed by atoms with van der Waals surface area (Å²) in [6.07, 6.45) is 0.740. The van der Waals surface area contributed by atoms with Crippen molar-refractivity contribution in [1.29, 1.82) is 0 Å². The molecule has 1 aromatic carbocycles. The first kappa shape index (κ1) is 17.8. The minimum atomic E-state index is -0.809. The Labute approximate surface area is 141 Å². The number of para-hydroxylation sites is 1. The van der Waals surface area contributed by atoms with E-state index in [2.05, 4.69) is 10.6 Å². The van der Waals surface area contributed by atoms with Gasteiger partial charge in [0, 0.05) is 5.69 Å².